The van der Waals surface area contributed by atoms with Crippen LogP contribution in [-0.2, 0) is 4.79 Å². The van der Waals surface area contributed by atoms with Crippen molar-refractivity contribution in [1.82, 2.24) is 15.3 Å². The number of H-pyrrole nitrogens is 1. The molecule has 1 amide bonds. The number of nitrogens with zero attached hydrogens (tertiary/aromatic N) is 1. The van der Waals surface area contributed by atoms with Crippen LogP contribution in [0.2, 0.25) is 0 Å². The Labute approximate surface area is 100 Å². The molecule has 90 valence electrons. The van der Waals surface area contributed by atoms with Gasteiger partial charge in [0.1, 0.15) is 5.82 Å². The summed E-state index contributed by atoms with van der Waals surface area (Å²) in [4.78, 5) is 18.9. The summed E-state index contributed by atoms with van der Waals surface area (Å²) in [6, 6.07) is 7.86. The zero-order chi connectivity index (χ0) is 12.3. The van der Waals surface area contributed by atoms with Crippen LogP contribution in [0.5, 0.6) is 0 Å². The predicted octanol–water partition coefficient (Wildman–Crippen LogP) is 2.54. The molecule has 0 fully saturated rings. The lowest BCUT2D eigenvalue weighted by Gasteiger charge is -2.14. The molecule has 0 bridgehead atoms. The lowest BCUT2D eigenvalue weighted by molar-refractivity contribution is -0.119. The van der Waals surface area contributed by atoms with Crippen LogP contribution in [0.25, 0.3) is 11.0 Å². The van der Waals surface area contributed by atoms with Gasteiger partial charge < -0.3 is 10.3 Å². The molecule has 4 nitrogen and oxygen atoms in total. The molecule has 1 aromatic heterocycles. The number of para-hydroxylation sites is 2. The van der Waals surface area contributed by atoms with Gasteiger partial charge in [-0.15, -0.1) is 0 Å². The lowest BCUT2D eigenvalue weighted by atomic mass is 10.1. The molecule has 0 spiro atoms. The topological polar surface area (TPSA) is 57.8 Å². The number of carbonyl (C=O) groups is 1. The molecular weight excluding hydrogens is 214 g/mol. The van der Waals surface area contributed by atoms with Gasteiger partial charge in [0.25, 0.3) is 0 Å². The van der Waals surface area contributed by atoms with E-state index in [0.717, 1.165) is 29.7 Å². The van der Waals surface area contributed by atoms with Gasteiger partial charge in [-0.1, -0.05) is 25.5 Å². The van der Waals surface area contributed by atoms with Gasteiger partial charge >= 0.3 is 0 Å². The van der Waals surface area contributed by atoms with Crippen LogP contribution in [0.4, 0.5) is 0 Å². The fraction of sp³-hybridized carbons (Fsp3) is 0.385. The highest BCUT2D eigenvalue weighted by atomic mass is 16.1. The summed E-state index contributed by atoms with van der Waals surface area (Å²) in [5.41, 5.74) is 1.95. The Morgan fingerprint density at radius 2 is 2.24 bits per heavy atom. The van der Waals surface area contributed by atoms with E-state index < -0.39 is 0 Å². The first kappa shape index (κ1) is 11.6. The molecule has 0 saturated heterocycles. The monoisotopic (exact) mass is 231 g/mol. The molecule has 4 heteroatoms. The van der Waals surface area contributed by atoms with Gasteiger partial charge in [0.05, 0.1) is 17.1 Å². The second-order valence-corrected chi connectivity index (χ2v) is 4.18. The van der Waals surface area contributed by atoms with Crippen molar-refractivity contribution < 1.29 is 4.79 Å². The van der Waals surface area contributed by atoms with Crippen molar-refractivity contribution in [3.05, 3.63) is 30.1 Å². The SMILES string of the molecule is CCC[C@@H](NC(C)=O)c1nc2ccccc2[nH]1. The first-order valence-corrected chi connectivity index (χ1v) is 5.92. The van der Waals surface area contributed by atoms with Gasteiger partial charge in [-0.2, -0.15) is 0 Å². The molecular formula is C13H17N3O. The molecule has 2 N–H and O–H groups in total. The predicted molar refractivity (Wildman–Crippen MR) is 67.6 cm³/mol. The summed E-state index contributed by atoms with van der Waals surface area (Å²) in [7, 11) is 0. The Hall–Kier alpha value is -1.84. The van der Waals surface area contributed by atoms with Crippen molar-refractivity contribution in [2.24, 2.45) is 0 Å². The first-order chi connectivity index (χ1) is 8.20. The van der Waals surface area contributed by atoms with E-state index in [1.54, 1.807) is 0 Å². The van der Waals surface area contributed by atoms with Gasteiger partial charge in [-0.25, -0.2) is 4.98 Å². The number of aromatic amines is 1. The van der Waals surface area contributed by atoms with E-state index >= 15 is 0 Å². The Kier molecular flexibility index (Phi) is 3.42. The normalized spacial score (nSPS) is 12.6. The van der Waals surface area contributed by atoms with Crippen LogP contribution >= 0.6 is 0 Å². The fourth-order valence-electron chi connectivity index (χ4n) is 1.95. The van der Waals surface area contributed by atoms with Crippen molar-refractivity contribution >= 4 is 16.9 Å². The number of carbonyl (C=O) groups excluding carboxylic acids is 1. The number of imidazole rings is 1. The quantitative estimate of drug-likeness (QED) is 0.849. The Morgan fingerprint density at radius 3 is 2.88 bits per heavy atom. The molecule has 0 radical (unpaired) electrons. The van der Waals surface area contributed by atoms with Crippen LogP contribution < -0.4 is 5.32 Å². The zero-order valence-corrected chi connectivity index (χ0v) is 10.2. The third kappa shape index (κ3) is 2.64. The summed E-state index contributed by atoms with van der Waals surface area (Å²) in [6.45, 7) is 3.63. The molecule has 0 saturated carbocycles. The van der Waals surface area contributed by atoms with Crippen molar-refractivity contribution in [2.45, 2.75) is 32.7 Å². The van der Waals surface area contributed by atoms with E-state index in [1.807, 2.05) is 24.3 Å². The van der Waals surface area contributed by atoms with Crippen molar-refractivity contribution in [2.75, 3.05) is 0 Å². The van der Waals surface area contributed by atoms with Crippen LogP contribution in [0.15, 0.2) is 24.3 Å². The number of hydrogen-bond donors (Lipinski definition) is 2. The summed E-state index contributed by atoms with van der Waals surface area (Å²) in [5.74, 6) is 0.812. The molecule has 1 aromatic carbocycles. The Morgan fingerprint density at radius 1 is 1.47 bits per heavy atom. The minimum Gasteiger partial charge on any atom is -0.346 e. The highest BCUT2D eigenvalue weighted by Gasteiger charge is 2.15. The van der Waals surface area contributed by atoms with E-state index in [1.165, 1.54) is 6.92 Å². The molecule has 0 unspecified atom stereocenters. The third-order valence-corrected chi connectivity index (χ3v) is 2.69. The highest BCUT2D eigenvalue weighted by molar-refractivity contribution is 5.76. The number of fused-ring (bicyclic) bond motifs is 1. The summed E-state index contributed by atoms with van der Waals surface area (Å²) < 4.78 is 0. The van der Waals surface area contributed by atoms with Crippen LogP contribution in [0.3, 0.4) is 0 Å². The molecule has 1 heterocycles. The van der Waals surface area contributed by atoms with E-state index in [0.29, 0.717) is 0 Å². The van der Waals surface area contributed by atoms with Gasteiger partial charge in [0.15, 0.2) is 0 Å². The largest absolute Gasteiger partial charge is 0.346 e. The molecule has 2 rings (SSSR count). The van der Waals surface area contributed by atoms with E-state index in [4.69, 9.17) is 0 Å². The molecule has 0 aliphatic carbocycles. The van der Waals surface area contributed by atoms with Gasteiger partial charge in [-0.05, 0) is 18.6 Å². The average Bonchev–Trinajstić information content (AvgIpc) is 2.71. The van der Waals surface area contributed by atoms with Crippen LogP contribution in [0.1, 0.15) is 38.6 Å². The number of amides is 1. The van der Waals surface area contributed by atoms with Crippen molar-refractivity contribution in [3.63, 3.8) is 0 Å². The number of rotatable bonds is 4. The second-order valence-electron chi connectivity index (χ2n) is 4.18. The molecule has 0 aliphatic rings. The number of benzene rings is 1. The summed E-state index contributed by atoms with van der Waals surface area (Å²) in [5, 5.41) is 2.93. The third-order valence-electron chi connectivity index (χ3n) is 2.69. The Balaban J connectivity index is 2.31. The second kappa shape index (κ2) is 4.99. The van der Waals surface area contributed by atoms with Crippen molar-refractivity contribution in [3.8, 4) is 0 Å². The minimum absolute atomic E-state index is 0.0232. The van der Waals surface area contributed by atoms with Gasteiger partial charge in [0, 0.05) is 6.92 Å². The van der Waals surface area contributed by atoms with Crippen molar-refractivity contribution in [1.29, 1.82) is 0 Å². The average molecular weight is 231 g/mol. The zero-order valence-electron chi connectivity index (χ0n) is 10.2. The summed E-state index contributed by atoms with van der Waals surface area (Å²) in [6.07, 6.45) is 1.89. The Bertz CT molecular complexity index is 485. The van der Waals surface area contributed by atoms with Crippen LogP contribution in [0, 0.1) is 0 Å². The van der Waals surface area contributed by atoms with Gasteiger partial charge in [-0.3, -0.25) is 4.79 Å². The minimum atomic E-state index is -0.0242. The molecule has 2 aromatic rings. The van der Waals surface area contributed by atoms with E-state index in [9.17, 15) is 4.79 Å². The van der Waals surface area contributed by atoms with E-state index in [2.05, 4.69) is 22.2 Å². The molecule has 1 atom stereocenters. The fourth-order valence-corrected chi connectivity index (χ4v) is 1.95. The number of aromatic nitrogens is 2. The maximum atomic E-state index is 11.2. The lowest BCUT2D eigenvalue weighted by Crippen LogP contribution is -2.26. The van der Waals surface area contributed by atoms with Crippen LogP contribution in [-0.4, -0.2) is 15.9 Å². The maximum Gasteiger partial charge on any atom is 0.217 e. The standard InChI is InChI=1S/C13H17N3O/c1-3-6-12(14-9(2)17)13-15-10-7-4-5-8-11(10)16-13/h4-5,7-8,12H,3,6H2,1-2H3,(H,14,17)(H,15,16)/t12-/m1/s1. The maximum absolute atomic E-state index is 11.2. The molecule has 0 aliphatic heterocycles. The summed E-state index contributed by atoms with van der Waals surface area (Å²) >= 11 is 0. The first-order valence-electron chi connectivity index (χ1n) is 5.92. The highest BCUT2D eigenvalue weighted by Crippen LogP contribution is 2.19. The number of hydrogen-bond acceptors (Lipinski definition) is 2. The molecule has 17 heavy (non-hydrogen) atoms. The number of nitrogens with one attached hydrogen (secondary N) is 2. The van der Waals surface area contributed by atoms with E-state index in [-0.39, 0.29) is 11.9 Å². The van der Waals surface area contributed by atoms with Gasteiger partial charge in [0.2, 0.25) is 5.91 Å². The smallest absolute Gasteiger partial charge is 0.217 e.